The molecule has 1 atom stereocenters. The third kappa shape index (κ3) is 4.35. The van der Waals surface area contributed by atoms with E-state index in [1.807, 2.05) is 67.6 Å². The Kier molecular flexibility index (Phi) is 5.39. The number of thiazole rings is 1. The van der Waals surface area contributed by atoms with Crippen LogP contribution in [0.15, 0.2) is 70.5 Å². The maximum atomic E-state index is 12.2. The lowest BCUT2D eigenvalue weighted by atomic mass is 10.2. The standard InChI is InChI=1S/C22H18N2O4S/c1-14(19-11-16-9-5-6-10-18(16)28-19)23-20(25)12-27-22(26)17-13-29-21(24-17)15-7-3-2-4-8-15/h2-11,13-14H,12H2,1H3,(H,23,25)/t14-/m1/s1. The summed E-state index contributed by atoms with van der Waals surface area (Å²) in [7, 11) is 0. The summed E-state index contributed by atoms with van der Waals surface area (Å²) in [4.78, 5) is 28.6. The van der Waals surface area contributed by atoms with Crippen LogP contribution in [-0.2, 0) is 9.53 Å². The van der Waals surface area contributed by atoms with Gasteiger partial charge in [-0.25, -0.2) is 9.78 Å². The molecule has 4 rings (SSSR count). The molecule has 7 heteroatoms. The number of nitrogens with one attached hydrogen (secondary N) is 1. The van der Waals surface area contributed by atoms with E-state index in [0.717, 1.165) is 21.5 Å². The summed E-state index contributed by atoms with van der Waals surface area (Å²) >= 11 is 1.35. The summed E-state index contributed by atoms with van der Waals surface area (Å²) < 4.78 is 10.8. The Balaban J connectivity index is 1.32. The Bertz CT molecular complexity index is 1120. The van der Waals surface area contributed by atoms with Crippen LogP contribution in [0, 0.1) is 0 Å². The van der Waals surface area contributed by atoms with E-state index in [4.69, 9.17) is 9.15 Å². The second-order valence-electron chi connectivity index (χ2n) is 6.46. The maximum Gasteiger partial charge on any atom is 0.358 e. The van der Waals surface area contributed by atoms with Gasteiger partial charge in [-0.3, -0.25) is 4.79 Å². The molecule has 146 valence electrons. The highest BCUT2D eigenvalue weighted by molar-refractivity contribution is 7.13. The molecule has 0 saturated heterocycles. The summed E-state index contributed by atoms with van der Waals surface area (Å²) in [5, 5.41) is 6.08. The first-order valence-corrected chi connectivity index (χ1v) is 9.94. The zero-order valence-corrected chi connectivity index (χ0v) is 16.4. The zero-order valence-electron chi connectivity index (χ0n) is 15.6. The van der Waals surface area contributed by atoms with Crippen molar-refractivity contribution in [1.82, 2.24) is 10.3 Å². The number of esters is 1. The third-order valence-corrected chi connectivity index (χ3v) is 5.21. The molecule has 0 spiro atoms. The van der Waals surface area contributed by atoms with E-state index in [2.05, 4.69) is 10.3 Å². The number of furan rings is 1. The van der Waals surface area contributed by atoms with E-state index in [0.29, 0.717) is 5.76 Å². The molecule has 4 aromatic rings. The third-order valence-electron chi connectivity index (χ3n) is 4.32. The van der Waals surface area contributed by atoms with Gasteiger partial charge in [0.05, 0.1) is 6.04 Å². The van der Waals surface area contributed by atoms with Gasteiger partial charge < -0.3 is 14.5 Å². The number of carbonyl (C=O) groups excluding carboxylic acids is 2. The van der Waals surface area contributed by atoms with Crippen molar-refractivity contribution in [2.24, 2.45) is 0 Å². The molecule has 0 saturated carbocycles. The van der Waals surface area contributed by atoms with Crippen LogP contribution in [0.5, 0.6) is 0 Å². The van der Waals surface area contributed by atoms with Crippen LogP contribution >= 0.6 is 11.3 Å². The van der Waals surface area contributed by atoms with Crippen molar-refractivity contribution in [2.75, 3.05) is 6.61 Å². The molecule has 0 aliphatic carbocycles. The number of hydrogen-bond acceptors (Lipinski definition) is 6. The van der Waals surface area contributed by atoms with Crippen molar-refractivity contribution >= 4 is 34.2 Å². The van der Waals surface area contributed by atoms with Gasteiger partial charge in [-0.15, -0.1) is 11.3 Å². The smallest absolute Gasteiger partial charge is 0.358 e. The van der Waals surface area contributed by atoms with E-state index in [1.165, 1.54) is 11.3 Å². The normalized spacial score (nSPS) is 11.9. The summed E-state index contributed by atoms with van der Waals surface area (Å²) in [5.74, 6) is -0.405. The number of nitrogens with zero attached hydrogens (tertiary/aromatic N) is 1. The summed E-state index contributed by atoms with van der Waals surface area (Å²) in [6, 6.07) is 18.7. The molecule has 2 aromatic carbocycles. The van der Waals surface area contributed by atoms with Crippen LogP contribution < -0.4 is 5.32 Å². The van der Waals surface area contributed by atoms with Crippen molar-refractivity contribution in [2.45, 2.75) is 13.0 Å². The predicted molar refractivity (Wildman–Crippen MR) is 111 cm³/mol. The van der Waals surface area contributed by atoms with Crippen molar-refractivity contribution in [3.63, 3.8) is 0 Å². The van der Waals surface area contributed by atoms with Gasteiger partial charge >= 0.3 is 5.97 Å². The molecule has 1 N–H and O–H groups in total. The highest BCUT2D eigenvalue weighted by Crippen LogP contribution is 2.24. The Morgan fingerprint density at radius 1 is 1.14 bits per heavy atom. The zero-order chi connectivity index (χ0) is 20.2. The fourth-order valence-corrected chi connectivity index (χ4v) is 3.65. The van der Waals surface area contributed by atoms with Crippen LogP contribution in [0.1, 0.15) is 29.2 Å². The first-order valence-electron chi connectivity index (χ1n) is 9.06. The van der Waals surface area contributed by atoms with Gasteiger partial charge in [-0.1, -0.05) is 48.5 Å². The fourth-order valence-electron chi connectivity index (χ4n) is 2.86. The second kappa shape index (κ2) is 8.28. The number of ether oxygens (including phenoxy) is 1. The van der Waals surface area contributed by atoms with E-state index < -0.39 is 11.9 Å². The van der Waals surface area contributed by atoms with Gasteiger partial charge in [0.25, 0.3) is 5.91 Å². The molecule has 1 amide bonds. The Morgan fingerprint density at radius 2 is 1.90 bits per heavy atom. The number of hydrogen-bond donors (Lipinski definition) is 1. The van der Waals surface area contributed by atoms with Gasteiger partial charge in [-0.05, 0) is 19.1 Å². The number of aromatic nitrogens is 1. The predicted octanol–water partition coefficient (Wildman–Crippen LogP) is 4.59. The van der Waals surface area contributed by atoms with E-state index in [1.54, 1.807) is 5.38 Å². The Hall–Kier alpha value is -3.45. The highest BCUT2D eigenvalue weighted by Gasteiger charge is 2.17. The largest absolute Gasteiger partial charge is 0.459 e. The average molecular weight is 406 g/mol. The molecule has 2 aromatic heterocycles. The quantitative estimate of drug-likeness (QED) is 0.474. The number of fused-ring (bicyclic) bond motifs is 1. The van der Waals surface area contributed by atoms with Crippen molar-refractivity contribution in [3.8, 4) is 10.6 Å². The van der Waals surface area contributed by atoms with Gasteiger partial charge in [0.1, 0.15) is 16.4 Å². The van der Waals surface area contributed by atoms with Crippen molar-refractivity contribution in [3.05, 3.63) is 77.5 Å². The minimum Gasteiger partial charge on any atom is -0.459 e. The maximum absolute atomic E-state index is 12.2. The summed E-state index contributed by atoms with van der Waals surface area (Å²) in [6.45, 7) is 1.42. The number of carbonyl (C=O) groups is 2. The molecule has 2 heterocycles. The monoisotopic (exact) mass is 406 g/mol. The molecule has 0 unspecified atom stereocenters. The molecular formula is C22H18N2O4S. The molecule has 0 radical (unpaired) electrons. The molecule has 29 heavy (non-hydrogen) atoms. The minimum atomic E-state index is -0.630. The summed E-state index contributed by atoms with van der Waals surface area (Å²) in [6.07, 6.45) is 0. The van der Waals surface area contributed by atoms with Crippen LogP contribution in [0.4, 0.5) is 0 Å². The molecule has 0 aliphatic heterocycles. The average Bonchev–Trinajstić information content (AvgIpc) is 3.40. The van der Waals surface area contributed by atoms with Crippen LogP contribution in [0.25, 0.3) is 21.5 Å². The van der Waals surface area contributed by atoms with E-state index in [-0.39, 0.29) is 18.3 Å². The lowest BCUT2D eigenvalue weighted by molar-refractivity contribution is -0.125. The van der Waals surface area contributed by atoms with Gasteiger partial charge in [0.2, 0.25) is 0 Å². The van der Waals surface area contributed by atoms with Gasteiger partial charge in [0.15, 0.2) is 12.3 Å². The molecule has 0 bridgehead atoms. The van der Waals surface area contributed by atoms with Crippen molar-refractivity contribution in [1.29, 1.82) is 0 Å². The molecule has 0 fully saturated rings. The van der Waals surface area contributed by atoms with E-state index in [9.17, 15) is 9.59 Å². The van der Waals surface area contributed by atoms with Crippen LogP contribution in [0.3, 0.4) is 0 Å². The van der Waals surface area contributed by atoms with Gasteiger partial charge in [0, 0.05) is 16.3 Å². The van der Waals surface area contributed by atoms with Crippen molar-refractivity contribution < 1.29 is 18.7 Å². The summed E-state index contributed by atoms with van der Waals surface area (Å²) in [5.41, 5.74) is 1.87. The first kappa shape index (κ1) is 18.9. The fraction of sp³-hybridized carbons (Fsp3) is 0.136. The Labute approximate surface area is 171 Å². The highest BCUT2D eigenvalue weighted by atomic mass is 32.1. The number of benzene rings is 2. The topological polar surface area (TPSA) is 81.4 Å². The number of para-hydroxylation sites is 1. The number of rotatable bonds is 6. The molecular weight excluding hydrogens is 388 g/mol. The lowest BCUT2D eigenvalue weighted by Gasteiger charge is -2.11. The van der Waals surface area contributed by atoms with E-state index >= 15 is 0 Å². The van der Waals surface area contributed by atoms with Crippen LogP contribution in [0.2, 0.25) is 0 Å². The lowest BCUT2D eigenvalue weighted by Crippen LogP contribution is -2.31. The first-order chi connectivity index (χ1) is 14.1. The minimum absolute atomic E-state index is 0.187. The van der Waals surface area contributed by atoms with Crippen LogP contribution in [-0.4, -0.2) is 23.5 Å². The molecule has 6 nitrogen and oxygen atoms in total. The van der Waals surface area contributed by atoms with Gasteiger partial charge in [-0.2, -0.15) is 0 Å². The second-order valence-corrected chi connectivity index (χ2v) is 7.31. The number of amides is 1. The molecule has 0 aliphatic rings. The SMILES string of the molecule is C[C@@H](NC(=O)COC(=O)c1csc(-c2ccccc2)n1)c1cc2ccccc2o1. The Morgan fingerprint density at radius 3 is 2.69 bits per heavy atom.